The Bertz CT molecular complexity index is 1300. The maximum absolute atomic E-state index is 13.7. The first-order chi connectivity index (χ1) is 15.8. The highest BCUT2D eigenvalue weighted by Gasteiger charge is 2.51. The Balaban J connectivity index is 1.46. The van der Waals surface area contributed by atoms with Crippen LogP contribution in [0.5, 0.6) is 0 Å². The van der Waals surface area contributed by atoms with E-state index in [0.29, 0.717) is 42.9 Å². The summed E-state index contributed by atoms with van der Waals surface area (Å²) in [6.45, 7) is 1.03. The number of sulfonamides is 1. The van der Waals surface area contributed by atoms with Crippen molar-refractivity contribution in [1.82, 2.24) is 9.62 Å². The van der Waals surface area contributed by atoms with Crippen LogP contribution in [0, 0.1) is 0 Å². The SMILES string of the molecule is CN(C)c1cccc2c(S(=O)(=O)N3CCC4(CC3)C(=O)NCN4c3ccccc3)cccc12. The van der Waals surface area contributed by atoms with Crippen LogP contribution < -0.4 is 15.1 Å². The fourth-order valence-electron chi connectivity index (χ4n) is 5.15. The molecule has 8 heteroatoms. The number of anilines is 2. The number of amides is 1. The third-order valence-corrected chi connectivity index (χ3v) is 8.87. The molecule has 2 heterocycles. The molecule has 0 aliphatic carbocycles. The second-order valence-electron chi connectivity index (χ2n) is 8.89. The molecule has 0 atom stereocenters. The average Bonchev–Trinajstić information content (AvgIpc) is 3.14. The summed E-state index contributed by atoms with van der Waals surface area (Å²) < 4.78 is 29.0. The summed E-state index contributed by atoms with van der Waals surface area (Å²) in [7, 11) is 0.187. The number of para-hydroxylation sites is 1. The van der Waals surface area contributed by atoms with E-state index < -0.39 is 15.6 Å². The normalized spacial score (nSPS) is 18.6. The molecular weight excluding hydrogens is 436 g/mol. The van der Waals surface area contributed by atoms with Gasteiger partial charge in [-0.3, -0.25) is 4.79 Å². The molecule has 2 fully saturated rings. The molecule has 7 nitrogen and oxygen atoms in total. The maximum Gasteiger partial charge on any atom is 0.247 e. The minimum atomic E-state index is -3.71. The van der Waals surface area contributed by atoms with E-state index in [1.54, 1.807) is 12.1 Å². The molecule has 2 aliphatic rings. The number of nitrogens with zero attached hydrogens (tertiary/aromatic N) is 3. The largest absolute Gasteiger partial charge is 0.377 e. The molecule has 0 unspecified atom stereocenters. The van der Waals surface area contributed by atoms with Crippen LogP contribution in [-0.2, 0) is 14.8 Å². The van der Waals surface area contributed by atoms with Crippen LogP contribution >= 0.6 is 0 Å². The van der Waals surface area contributed by atoms with Crippen molar-refractivity contribution in [3.05, 3.63) is 66.7 Å². The molecule has 1 amide bonds. The number of fused-ring (bicyclic) bond motifs is 1. The lowest BCUT2D eigenvalue weighted by molar-refractivity contribution is -0.124. The van der Waals surface area contributed by atoms with Crippen LogP contribution in [0.4, 0.5) is 11.4 Å². The van der Waals surface area contributed by atoms with E-state index in [-0.39, 0.29) is 5.91 Å². The number of carbonyl (C=O) groups is 1. The van der Waals surface area contributed by atoms with Gasteiger partial charge in [0.1, 0.15) is 5.54 Å². The molecule has 5 rings (SSSR count). The van der Waals surface area contributed by atoms with Gasteiger partial charge in [-0.1, -0.05) is 42.5 Å². The van der Waals surface area contributed by atoms with Crippen molar-refractivity contribution in [2.45, 2.75) is 23.3 Å². The van der Waals surface area contributed by atoms with E-state index >= 15 is 0 Å². The van der Waals surface area contributed by atoms with E-state index in [2.05, 4.69) is 10.2 Å². The topological polar surface area (TPSA) is 73.0 Å². The van der Waals surface area contributed by atoms with Crippen molar-refractivity contribution in [1.29, 1.82) is 0 Å². The van der Waals surface area contributed by atoms with Crippen molar-refractivity contribution in [3.63, 3.8) is 0 Å². The molecular formula is C25H28N4O3S. The smallest absolute Gasteiger partial charge is 0.247 e. The van der Waals surface area contributed by atoms with Crippen LogP contribution in [0.1, 0.15) is 12.8 Å². The zero-order valence-electron chi connectivity index (χ0n) is 18.9. The van der Waals surface area contributed by atoms with Crippen LogP contribution in [0.15, 0.2) is 71.6 Å². The third-order valence-electron chi connectivity index (χ3n) is 6.91. The van der Waals surface area contributed by atoms with Gasteiger partial charge in [-0.2, -0.15) is 4.31 Å². The number of nitrogens with one attached hydrogen (secondary N) is 1. The van der Waals surface area contributed by atoms with E-state index in [9.17, 15) is 13.2 Å². The van der Waals surface area contributed by atoms with Crippen molar-refractivity contribution < 1.29 is 13.2 Å². The molecule has 2 aliphatic heterocycles. The molecule has 3 aromatic carbocycles. The van der Waals surface area contributed by atoms with Gasteiger partial charge >= 0.3 is 0 Å². The molecule has 0 bridgehead atoms. The minimum Gasteiger partial charge on any atom is -0.377 e. The zero-order valence-corrected chi connectivity index (χ0v) is 19.7. The van der Waals surface area contributed by atoms with Gasteiger partial charge in [0.2, 0.25) is 15.9 Å². The molecule has 1 spiro atoms. The maximum atomic E-state index is 13.7. The standard InChI is InChI=1S/C25H28N4O3S/c1-27(2)22-12-6-11-21-20(22)10-7-13-23(21)33(31,32)28-16-14-25(15-17-28)24(30)26-18-29(25)19-8-4-3-5-9-19/h3-13H,14-18H2,1-2H3,(H,26,30). The molecule has 3 aromatic rings. The summed E-state index contributed by atoms with van der Waals surface area (Å²) in [5.74, 6) is -0.0239. The van der Waals surface area contributed by atoms with Gasteiger partial charge in [0.05, 0.1) is 11.6 Å². The molecule has 33 heavy (non-hydrogen) atoms. The molecule has 0 aromatic heterocycles. The van der Waals surface area contributed by atoms with Crippen molar-refractivity contribution in [2.75, 3.05) is 43.7 Å². The molecule has 1 N–H and O–H groups in total. The van der Waals surface area contributed by atoms with Gasteiger partial charge in [0.25, 0.3) is 0 Å². The van der Waals surface area contributed by atoms with Crippen LogP contribution in [0.3, 0.4) is 0 Å². The van der Waals surface area contributed by atoms with Crippen LogP contribution in [0.2, 0.25) is 0 Å². The van der Waals surface area contributed by atoms with Crippen molar-refractivity contribution >= 4 is 38.1 Å². The van der Waals surface area contributed by atoms with E-state index in [4.69, 9.17) is 0 Å². The Hall–Kier alpha value is -3.10. The monoisotopic (exact) mass is 464 g/mol. The summed E-state index contributed by atoms with van der Waals surface area (Å²) in [6.07, 6.45) is 0.890. The van der Waals surface area contributed by atoms with Gasteiger partial charge in [0.15, 0.2) is 0 Å². The Morgan fingerprint density at radius 2 is 1.55 bits per heavy atom. The molecule has 172 valence electrons. The highest BCUT2D eigenvalue weighted by Crippen LogP contribution is 2.38. The lowest BCUT2D eigenvalue weighted by atomic mass is 9.86. The van der Waals surface area contributed by atoms with Crippen LogP contribution in [0.25, 0.3) is 10.8 Å². The number of hydrogen-bond donors (Lipinski definition) is 1. The summed E-state index contributed by atoms with van der Waals surface area (Å²) in [6, 6.07) is 21.0. The van der Waals surface area contributed by atoms with E-state index in [0.717, 1.165) is 16.8 Å². The summed E-state index contributed by atoms with van der Waals surface area (Å²) in [4.78, 5) is 17.3. The Kier molecular flexibility index (Phi) is 5.29. The Labute approximate surface area is 194 Å². The third kappa shape index (κ3) is 3.45. The fraction of sp³-hybridized carbons (Fsp3) is 0.320. The van der Waals surface area contributed by atoms with Gasteiger partial charge in [0, 0.05) is 49.3 Å². The first kappa shape index (κ1) is 21.7. The minimum absolute atomic E-state index is 0.0239. The molecule has 2 saturated heterocycles. The number of rotatable bonds is 4. The predicted molar refractivity (Wildman–Crippen MR) is 131 cm³/mol. The Morgan fingerprint density at radius 1 is 0.879 bits per heavy atom. The van der Waals surface area contributed by atoms with Crippen molar-refractivity contribution in [2.24, 2.45) is 0 Å². The van der Waals surface area contributed by atoms with Gasteiger partial charge in [-0.15, -0.1) is 0 Å². The number of piperidine rings is 1. The van der Waals surface area contributed by atoms with Crippen molar-refractivity contribution in [3.8, 4) is 0 Å². The summed E-state index contributed by atoms with van der Waals surface area (Å²) >= 11 is 0. The first-order valence-corrected chi connectivity index (χ1v) is 12.6. The second-order valence-corrected chi connectivity index (χ2v) is 10.8. The van der Waals surface area contributed by atoms with Crippen LogP contribution in [-0.4, -0.2) is 58.0 Å². The first-order valence-electron chi connectivity index (χ1n) is 11.1. The summed E-state index contributed by atoms with van der Waals surface area (Å²) in [5, 5.41) is 4.59. The highest BCUT2D eigenvalue weighted by atomic mass is 32.2. The van der Waals surface area contributed by atoms with Gasteiger partial charge < -0.3 is 15.1 Å². The molecule has 0 radical (unpaired) electrons. The highest BCUT2D eigenvalue weighted by molar-refractivity contribution is 7.89. The Morgan fingerprint density at radius 3 is 2.24 bits per heavy atom. The number of carbonyl (C=O) groups excluding carboxylic acids is 1. The number of hydrogen-bond acceptors (Lipinski definition) is 5. The van der Waals surface area contributed by atoms with Gasteiger partial charge in [-0.05, 0) is 37.1 Å². The van der Waals surface area contributed by atoms with Gasteiger partial charge in [-0.25, -0.2) is 8.42 Å². The second kappa shape index (κ2) is 8.04. The zero-order chi connectivity index (χ0) is 23.2. The van der Waals surface area contributed by atoms with E-state index in [1.165, 1.54) is 4.31 Å². The fourth-order valence-corrected chi connectivity index (χ4v) is 6.80. The number of benzene rings is 3. The van der Waals surface area contributed by atoms with E-state index in [1.807, 2.05) is 73.6 Å². The predicted octanol–water partition coefficient (Wildman–Crippen LogP) is 3.02. The lowest BCUT2D eigenvalue weighted by Crippen LogP contribution is -2.57. The summed E-state index contributed by atoms with van der Waals surface area (Å²) in [5.41, 5.74) is 1.23. The molecule has 0 saturated carbocycles. The lowest BCUT2D eigenvalue weighted by Gasteiger charge is -2.42. The quantitative estimate of drug-likeness (QED) is 0.643. The average molecular weight is 465 g/mol.